The number of aliphatic hydroxyl groups is 1. The third kappa shape index (κ3) is 3.38. The highest BCUT2D eigenvalue weighted by Crippen LogP contribution is 2.05. The van der Waals surface area contributed by atoms with Crippen LogP contribution in [0.2, 0.25) is 0 Å². The number of pyridine rings is 1. The SMILES string of the molecule is CC(CO)CNC(=O)c1cccc(-n2ccnc2)n1. The van der Waals surface area contributed by atoms with Gasteiger partial charge >= 0.3 is 0 Å². The molecule has 0 saturated carbocycles. The van der Waals surface area contributed by atoms with E-state index in [1.165, 1.54) is 0 Å². The third-order valence-electron chi connectivity index (χ3n) is 2.66. The number of hydrogen-bond acceptors (Lipinski definition) is 4. The van der Waals surface area contributed by atoms with Crippen LogP contribution in [0.4, 0.5) is 0 Å². The minimum Gasteiger partial charge on any atom is -0.396 e. The molecule has 0 aliphatic heterocycles. The highest BCUT2D eigenvalue weighted by atomic mass is 16.3. The molecule has 2 heterocycles. The Morgan fingerprint density at radius 3 is 3.05 bits per heavy atom. The number of nitrogens with one attached hydrogen (secondary N) is 1. The van der Waals surface area contributed by atoms with Crippen LogP contribution in [-0.2, 0) is 0 Å². The van der Waals surface area contributed by atoms with Crippen LogP contribution in [0.1, 0.15) is 17.4 Å². The Morgan fingerprint density at radius 2 is 2.37 bits per heavy atom. The Kier molecular flexibility index (Phi) is 4.25. The van der Waals surface area contributed by atoms with Crippen molar-refractivity contribution in [2.75, 3.05) is 13.2 Å². The number of aromatic nitrogens is 3. The summed E-state index contributed by atoms with van der Waals surface area (Å²) in [6, 6.07) is 5.22. The molecule has 0 saturated heterocycles. The first-order valence-electron chi connectivity index (χ1n) is 6.05. The van der Waals surface area contributed by atoms with Gasteiger partial charge in [0.1, 0.15) is 17.8 Å². The maximum atomic E-state index is 11.9. The lowest BCUT2D eigenvalue weighted by Crippen LogP contribution is -2.30. The molecule has 0 aromatic carbocycles. The van der Waals surface area contributed by atoms with Crippen LogP contribution in [-0.4, -0.2) is 38.7 Å². The first kappa shape index (κ1) is 13.2. The van der Waals surface area contributed by atoms with Crippen LogP contribution in [0.3, 0.4) is 0 Å². The van der Waals surface area contributed by atoms with Gasteiger partial charge in [0.25, 0.3) is 5.91 Å². The summed E-state index contributed by atoms with van der Waals surface area (Å²) in [6.45, 7) is 2.32. The Labute approximate surface area is 111 Å². The van der Waals surface area contributed by atoms with E-state index in [4.69, 9.17) is 5.11 Å². The van der Waals surface area contributed by atoms with Crippen molar-refractivity contribution in [3.8, 4) is 5.82 Å². The first-order valence-corrected chi connectivity index (χ1v) is 6.05. The largest absolute Gasteiger partial charge is 0.396 e. The molecule has 2 aromatic heterocycles. The second-order valence-corrected chi connectivity index (χ2v) is 4.35. The van der Waals surface area contributed by atoms with Crippen molar-refractivity contribution in [1.82, 2.24) is 19.9 Å². The van der Waals surface area contributed by atoms with Crippen LogP contribution in [0.15, 0.2) is 36.9 Å². The number of amides is 1. The van der Waals surface area contributed by atoms with Gasteiger partial charge in [0, 0.05) is 25.5 Å². The molecule has 1 amide bonds. The van der Waals surface area contributed by atoms with Crippen molar-refractivity contribution >= 4 is 5.91 Å². The number of carbonyl (C=O) groups excluding carboxylic acids is 1. The Morgan fingerprint density at radius 1 is 1.53 bits per heavy atom. The lowest BCUT2D eigenvalue weighted by Gasteiger charge is -2.09. The Balaban J connectivity index is 2.08. The number of carbonyl (C=O) groups is 1. The molecule has 2 rings (SSSR count). The van der Waals surface area contributed by atoms with Gasteiger partial charge in [0.15, 0.2) is 0 Å². The third-order valence-corrected chi connectivity index (χ3v) is 2.66. The van der Waals surface area contributed by atoms with Crippen LogP contribution >= 0.6 is 0 Å². The molecule has 19 heavy (non-hydrogen) atoms. The van der Waals surface area contributed by atoms with Crippen LogP contribution in [0, 0.1) is 5.92 Å². The highest BCUT2D eigenvalue weighted by molar-refractivity contribution is 5.92. The lowest BCUT2D eigenvalue weighted by atomic mass is 10.2. The van der Waals surface area contributed by atoms with Crippen molar-refractivity contribution in [2.45, 2.75) is 6.92 Å². The van der Waals surface area contributed by atoms with Gasteiger partial charge in [-0.15, -0.1) is 0 Å². The van der Waals surface area contributed by atoms with Gasteiger partial charge in [-0.05, 0) is 18.1 Å². The number of imidazole rings is 1. The van der Waals surface area contributed by atoms with Crippen molar-refractivity contribution in [1.29, 1.82) is 0 Å². The number of hydrogen-bond donors (Lipinski definition) is 2. The topological polar surface area (TPSA) is 80.0 Å². The number of nitrogens with zero attached hydrogens (tertiary/aromatic N) is 3. The minimum absolute atomic E-state index is 0.0285. The maximum absolute atomic E-state index is 11.9. The molecule has 2 aromatic rings. The van der Waals surface area contributed by atoms with Gasteiger partial charge in [-0.2, -0.15) is 0 Å². The van der Waals surface area contributed by atoms with E-state index >= 15 is 0 Å². The maximum Gasteiger partial charge on any atom is 0.269 e. The van der Waals surface area contributed by atoms with Gasteiger partial charge < -0.3 is 10.4 Å². The van der Waals surface area contributed by atoms with E-state index in [1.54, 1.807) is 41.5 Å². The summed E-state index contributed by atoms with van der Waals surface area (Å²) in [7, 11) is 0. The summed E-state index contributed by atoms with van der Waals surface area (Å²) in [5.41, 5.74) is 0.344. The van der Waals surface area contributed by atoms with Crippen LogP contribution < -0.4 is 5.32 Å². The van der Waals surface area contributed by atoms with E-state index in [1.807, 2.05) is 6.92 Å². The molecule has 6 heteroatoms. The van der Waals surface area contributed by atoms with Crippen molar-refractivity contribution in [2.24, 2.45) is 5.92 Å². The molecule has 0 spiro atoms. The quantitative estimate of drug-likeness (QED) is 0.826. The van der Waals surface area contributed by atoms with E-state index < -0.39 is 0 Å². The Bertz CT molecular complexity index is 539. The fourth-order valence-electron chi connectivity index (χ4n) is 1.51. The normalized spacial score (nSPS) is 12.1. The zero-order valence-electron chi connectivity index (χ0n) is 10.7. The summed E-state index contributed by atoms with van der Waals surface area (Å²) in [4.78, 5) is 20.1. The molecular weight excluding hydrogens is 244 g/mol. The van der Waals surface area contributed by atoms with E-state index in [9.17, 15) is 4.79 Å². The van der Waals surface area contributed by atoms with Crippen molar-refractivity contribution in [3.05, 3.63) is 42.6 Å². The fourth-order valence-corrected chi connectivity index (χ4v) is 1.51. The summed E-state index contributed by atoms with van der Waals surface area (Å²) < 4.78 is 1.73. The molecule has 0 fully saturated rings. The zero-order valence-corrected chi connectivity index (χ0v) is 10.7. The number of rotatable bonds is 5. The van der Waals surface area contributed by atoms with Crippen molar-refractivity contribution in [3.63, 3.8) is 0 Å². The van der Waals surface area contributed by atoms with Gasteiger partial charge in [-0.1, -0.05) is 13.0 Å². The average molecular weight is 260 g/mol. The molecule has 0 radical (unpaired) electrons. The van der Waals surface area contributed by atoms with Crippen LogP contribution in [0.25, 0.3) is 5.82 Å². The minimum atomic E-state index is -0.248. The predicted molar refractivity (Wildman–Crippen MR) is 69.9 cm³/mol. The zero-order chi connectivity index (χ0) is 13.7. The van der Waals surface area contributed by atoms with Gasteiger partial charge in [0.05, 0.1) is 0 Å². The fraction of sp³-hybridized carbons (Fsp3) is 0.308. The summed E-state index contributed by atoms with van der Waals surface area (Å²) >= 11 is 0. The molecule has 1 unspecified atom stereocenters. The van der Waals surface area contributed by atoms with Crippen LogP contribution in [0.5, 0.6) is 0 Å². The molecule has 0 aliphatic carbocycles. The summed E-state index contributed by atoms with van der Waals surface area (Å²) in [5, 5.41) is 11.6. The van der Waals surface area contributed by atoms with E-state index in [0.717, 1.165) is 0 Å². The molecule has 100 valence electrons. The van der Waals surface area contributed by atoms with Crippen molar-refractivity contribution < 1.29 is 9.90 Å². The summed E-state index contributed by atoms with van der Waals surface area (Å²) in [6.07, 6.45) is 5.03. The predicted octanol–water partition coefficient (Wildman–Crippen LogP) is 0.625. The summed E-state index contributed by atoms with van der Waals surface area (Å²) in [5.74, 6) is 0.420. The standard InChI is InChI=1S/C13H16N4O2/c1-10(8-18)7-15-13(19)11-3-2-4-12(16-11)17-6-5-14-9-17/h2-6,9-10,18H,7-8H2,1H3,(H,15,19). The second kappa shape index (κ2) is 6.10. The first-order chi connectivity index (χ1) is 9.20. The molecule has 2 N–H and O–H groups in total. The molecule has 1 atom stereocenters. The van der Waals surface area contributed by atoms with E-state index in [2.05, 4.69) is 15.3 Å². The monoisotopic (exact) mass is 260 g/mol. The highest BCUT2D eigenvalue weighted by Gasteiger charge is 2.09. The Hall–Kier alpha value is -2.21. The smallest absolute Gasteiger partial charge is 0.269 e. The molecule has 6 nitrogen and oxygen atoms in total. The van der Waals surface area contributed by atoms with Gasteiger partial charge in [-0.25, -0.2) is 9.97 Å². The number of aliphatic hydroxyl groups excluding tert-OH is 1. The van der Waals surface area contributed by atoms with Gasteiger partial charge in [-0.3, -0.25) is 9.36 Å². The average Bonchev–Trinajstić information content (AvgIpc) is 2.98. The molecule has 0 bridgehead atoms. The molecular formula is C13H16N4O2. The molecule has 0 aliphatic rings. The van der Waals surface area contributed by atoms with Gasteiger partial charge in [0.2, 0.25) is 0 Å². The second-order valence-electron chi connectivity index (χ2n) is 4.35. The lowest BCUT2D eigenvalue weighted by molar-refractivity contribution is 0.0937. The van der Waals surface area contributed by atoms with E-state index in [-0.39, 0.29) is 18.4 Å². The van der Waals surface area contributed by atoms with E-state index in [0.29, 0.717) is 18.1 Å².